The molecule has 0 fully saturated rings. The van der Waals surface area contributed by atoms with Crippen LogP contribution in [0.4, 0.5) is 17.3 Å². The maximum atomic E-state index is 10.7. The monoisotopic (exact) mass is 337 g/mol. The Bertz CT molecular complexity index is 1010. The van der Waals surface area contributed by atoms with Gasteiger partial charge in [-0.15, -0.1) is 11.3 Å². The van der Waals surface area contributed by atoms with Crippen molar-refractivity contribution >= 4 is 39.7 Å². The molecule has 0 spiro atoms. The molecular formula is C16H11N5O2S. The van der Waals surface area contributed by atoms with Crippen LogP contribution in [0, 0.1) is 10.1 Å². The van der Waals surface area contributed by atoms with Crippen molar-refractivity contribution in [1.82, 2.24) is 15.0 Å². The predicted octanol–water partition coefficient (Wildman–Crippen LogP) is 4.34. The summed E-state index contributed by atoms with van der Waals surface area (Å²) in [5.74, 6) is 0.579. The van der Waals surface area contributed by atoms with Crippen LogP contribution in [0.5, 0.6) is 0 Å². The average Bonchev–Trinajstić information content (AvgIpc) is 3.23. The third-order valence-electron chi connectivity index (χ3n) is 3.50. The van der Waals surface area contributed by atoms with Gasteiger partial charge in [0, 0.05) is 35.0 Å². The molecule has 0 saturated carbocycles. The quantitative estimate of drug-likeness (QED) is 0.426. The summed E-state index contributed by atoms with van der Waals surface area (Å²) in [5.41, 5.74) is 3.54. The van der Waals surface area contributed by atoms with Gasteiger partial charge in [-0.1, -0.05) is 0 Å². The first-order valence-electron chi connectivity index (χ1n) is 7.10. The Balaban J connectivity index is 1.61. The lowest BCUT2D eigenvalue weighted by atomic mass is 10.2. The summed E-state index contributed by atoms with van der Waals surface area (Å²) < 4.78 is 0. The van der Waals surface area contributed by atoms with Crippen LogP contribution < -0.4 is 5.32 Å². The van der Waals surface area contributed by atoms with Crippen molar-refractivity contribution in [1.29, 1.82) is 0 Å². The molecular weight excluding hydrogens is 326 g/mol. The second-order valence-electron chi connectivity index (χ2n) is 5.08. The summed E-state index contributed by atoms with van der Waals surface area (Å²) in [7, 11) is 0. The van der Waals surface area contributed by atoms with Gasteiger partial charge in [-0.05, 0) is 30.3 Å². The number of hydrogen-bond donors (Lipinski definition) is 2. The Labute approximate surface area is 140 Å². The van der Waals surface area contributed by atoms with Crippen LogP contribution in [-0.2, 0) is 0 Å². The smallest absolute Gasteiger partial charge is 0.269 e. The summed E-state index contributed by atoms with van der Waals surface area (Å²) >= 11 is 1.58. The molecule has 0 unspecified atom stereocenters. The van der Waals surface area contributed by atoms with Crippen molar-refractivity contribution in [3.05, 3.63) is 64.2 Å². The number of anilines is 2. The van der Waals surface area contributed by atoms with Gasteiger partial charge in [0.15, 0.2) is 0 Å². The van der Waals surface area contributed by atoms with E-state index in [0.29, 0.717) is 5.95 Å². The Morgan fingerprint density at radius 1 is 1.17 bits per heavy atom. The van der Waals surface area contributed by atoms with E-state index in [4.69, 9.17) is 0 Å². The highest BCUT2D eigenvalue weighted by Gasteiger charge is 2.08. The molecule has 0 radical (unpaired) electrons. The van der Waals surface area contributed by atoms with Crippen LogP contribution in [0.2, 0.25) is 0 Å². The number of non-ortho nitro benzene ring substituents is 1. The number of aromatic nitrogens is 3. The lowest BCUT2D eigenvalue weighted by Crippen LogP contribution is -1.93. The lowest BCUT2D eigenvalue weighted by Gasteiger charge is -2.01. The van der Waals surface area contributed by atoms with Crippen LogP contribution in [-0.4, -0.2) is 19.9 Å². The molecule has 0 aliphatic rings. The molecule has 0 atom stereocenters. The van der Waals surface area contributed by atoms with E-state index >= 15 is 0 Å². The predicted molar refractivity (Wildman–Crippen MR) is 93.6 cm³/mol. The maximum Gasteiger partial charge on any atom is 0.269 e. The van der Waals surface area contributed by atoms with Gasteiger partial charge < -0.3 is 10.3 Å². The van der Waals surface area contributed by atoms with E-state index in [2.05, 4.69) is 20.3 Å². The number of nitrogens with zero attached hydrogens (tertiary/aromatic N) is 3. The van der Waals surface area contributed by atoms with E-state index in [1.807, 2.05) is 23.6 Å². The third kappa shape index (κ3) is 2.70. The largest absolute Gasteiger partial charge is 0.326 e. The highest BCUT2D eigenvalue weighted by molar-refractivity contribution is 7.13. The Morgan fingerprint density at radius 3 is 2.71 bits per heavy atom. The first-order chi connectivity index (χ1) is 11.7. The summed E-state index contributed by atoms with van der Waals surface area (Å²) in [6.45, 7) is 0. The summed E-state index contributed by atoms with van der Waals surface area (Å²) in [6, 6.07) is 12.1. The number of thiazole rings is 1. The number of nitrogens with one attached hydrogen (secondary N) is 2. The molecule has 2 N–H and O–H groups in total. The van der Waals surface area contributed by atoms with Gasteiger partial charge in [0.05, 0.1) is 16.0 Å². The first-order valence-corrected chi connectivity index (χ1v) is 7.98. The van der Waals surface area contributed by atoms with Crippen LogP contribution in [0.1, 0.15) is 0 Å². The van der Waals surface area contributed by atoms with Gasteiger partial charge in [-0.25, -0.2) is 9.97 Å². The molecule has 0 bridgehead atoms. The second-order valence-corrected chi connectivity index (χ2v) is 5.98. The maximum absolute atomic E-state index is 10.7. The molecule has 4 aromatic rings. The zero-order valence-electron chi connectivity index (χ0n) is 12.3. The number of benzene rings is 2. The zero-order valence-corrected chi connectivity index (χ0v) is 13.1. The number of imidazole rings is 1. The SMILES string of the molecule is O=[N+]([O-])c1ccc(Nc2nc3ccc(-c4nccs4)cc3[nH]2)cc1. The lowest BCUT2D eigenvalue weighted by molar-refractivity contribution is -0.384. The molecule has 0 aliphatic carbocycles. The van der Waals surface area contributed by atoms with E-state index in [0.717, 1.165) is 27.3 Å². The van der Waals surface area contributed by atoms with Gasteiger partial charge in [0.25, 0.3) is 5.69 Å². The Kier molecular flexibility index (Phi) is 3.43. The molecule has 0 saturated heterocycles. The molecule has 24 heavy (non-hydrogen) atoms. The van der Waals surface area contributed by atoms with Gasteiger partial charge in [0.2, 0.25) is 5.95 Å². The third-order valence-corrected chi connectivity index (χ3v) is 4.32. The Morgan fingerprint density at radius 2 is 2.00 bits per heavy atom. The highest BCUT2D eigenvalue weighted by atomic mass is 32.1. The normalized spacial score (nSPS) is 10.8. The molecule has 0 aliphatic heterocycles. The Hall–Kier alpha value is -3.26. The van der Waals surface area contributed by atoms with Crippen molar-refractivity contribution in [2.45, 2.75) is 0 Å². The van der Waals surface area contributed by atoms with Crippen LogP contribution in [0.15, 0.2) is 54.0 Å². The summed E-state index contributed by atoms with van der Waals surface area (Å²) in [6.07, 6.45) is 1.78. The van der Waals surface area contributed by atoms with Gasteiger partial charge in [0.1, 0.15) is 5.01 Å². The van der Waals surface area contributed by atoms with Crippen molar-refractivity contribution < 1.29 is 4.92 Å². The second kappa shape index (κ2) is 5.74. The number of hydrogen-bond acceptors (Lipinski definition) is 6. The van der Waals surface area contributed by atoms with Gasteiger partial charge in [-0.2, -0.15) is 0 Å². The van der Waals surface area contributed by atoms with Crippen molar-refractivity contribution in [3.63, 3.8) is 0 Å². The summed E-state index contributed by atoms with van der Waals surface area (Å²) in [5, 5.41) is 16.7. The number of fused-ring (bicyclic) bond motifs is 1. The molecule has 2 aromatic carbocycles. The fourth-order valence-corrected chi connectivity index (χ4v) is 3.01. The van der Waals surface area contributed by atoms with Crippen molar-refractivity contribution in [2.24, 2.45) is 0 Å². The van der Waals surface area contributed by atoms with Gasteiger partial charge in [-0.3, -0.25) is 10.1 Å². The van der Waals surface area contributed by atoms with Crippen molar-refractivity contribution in [3.8, 4) is 10.6 Å². The minimum absolute atomic E-state index is 0.0539. The zero-order chi connectivity index (χ0) is 16.5. The van der Waals surface area contributed by atoms with Crippen LogP contribution >= 0.6 is 11.3 Å². The fraction of sp³-hybridized carbons (Fsp3) is 0. The molecule has 0 amide bonds. The average molecular weight is 337 g/mol. The molecule has 4 rings (SSSR count). The number of aromatic amines is 1. The van der Waals surface area contributed by atoms with Gasteiger partial charge >= 0.3 is 0 Å². The fourth-order valence-electron chi connectivity index (χ4n) is 2.37. The number of nitro groups is 1. The standard InChI is InChI=1S/C16H11N5O2S/c22-21(23)12-4-2-11(3-5-12)18-16-19-13-6-1-10(9-14(13)20-16)15-17-7-8-24-15/h1-9H,(H2,18,19,20). The molecule has 2 aromatic heterocycles. The van der Waals surface area contributed by atoms with Crippen LogP contribution in [0.25, 0.3) is 21.6 Å². The van der Waals surface area contributed by atoms with Crippen LogP contribution in [0.3, 0.4) is 0 Å². The number of nitro benzene ring substituents is 1. The molecule has 7 nitrogen and oxygen atoms in total. The first kappa shape index (κ1) is 14.3. The number of H-pyrrole nitrogens is 1. The molecule has 8 heteroatoms. The topological polar surface area (TPSA) is 96.7 Å². The van der Waals surface area contributed by atoms with E-state index in [-0.39, 0.29) is 5.69 Å². The summed E-state index contributed by atoms with van der Waals surface area (Å²) in [4.78, 5) is 22.2. The highest BCUT2D eigenvalue weighted by Crippen LogP contribution is 2.26. The minimum atomic E-state index is -0.425. The molecule has 2 heterocycles. The van der Waals surface area contributed by atoms with E-state index < -0.39 is 4.92 Å². The number of rotatable bonds is 4. The van der Waals surface area contributed by atoms with E-state index in [1.54, 1.807) is 29.7 Å². The van der Waals surface area contributed by atoms with Crippen molar-refractivity contribution in [2.75, 3.05) is 5.32 Å². The van der Waals surface area contributed by atoms with E-state index in [9.17, 15) is 10.1 Å². The molecule has 118 valence electrons. The van der Waals surface area contributed by atoms with E-state index in [1.165, 1.54) is 12.1 Å². The minimum Gasteiger partial charge on any atom is -0.326 e.